The normalized spacial score (nSPS) is 27.2. The van der Waals surface area contributed by atoms with E-state index in [-0.39, 0.29) is 22.8 Å². The number of hydrogen-bond acceptors (Lipinski definition) is 9. The first kappa shape index (κ1) is 20.9. The Kier molecular flexibility index (Phi) is 6.26. The Bertz CT molecular complexity index is 863. The Morgan fingerprint density at radius 3 is 2.21 bits per heavy atom. The van der Waals surface area contributed by atoms with E-state index in [9.17, 15) is 35.7 Å². The van der Waals surface area contributed by atoms with Gasteiger partial charge in [0.15, 0.2) is 11.5 Å². The van der Waals surface area contributed by atoms with Gasteiger partial charge in [-0.15, -0.1) is 0 Å². The summed E-state index contributed by atoms with van der Waals surface area (Å²) in [4.78, 5) is 0. The highest BCUT2D eigenvalue weighted by Gasteiger charge is 2.45. The molecule has 1 fully saturated rings. The minimum absolute atomic E-state index is 0.101. The molecule has 3 rings (SSSR count). The van der Waals surface area contributed by atoms with Crippen molar-refractivity contribution in [1.29, 1.82) is 0 Å². The summed E-state index contributed by atoms with van der Waals surface area (Å²) in [6, 6.07) is 8.60. The lowest BCUT2D eigenvalue weighted by molar-refractivity contribution is -0.277. The molecule has 156 valence electrons. The van der Waals surface area contributed by atoms with E-state index in [1.807, 2.05) is 0 Å². The lowest BCUT2D eigenvalue weighted by Gasteiger charge is -2.39. The number of benzene rings is 2. The lowest BCUT2D eigenvalue weighted by Crippen LogP contribution is -2.60. The van der Waals surface area contributed by atoms with Crippen LogP contribution in [0.4, 0.5) is 0 Å². The molecule has 9 nitrogen and oxygen atoms in total. The van der Waals surface area contributed by atoms with Gasteiger partial charge in [0.2, 0.25) is 6.29 Å². The van der Waals surface area contributed by atoms with E-state index in [4.69, 9.17) is 9.47 Å². The fourth-order valence-corrected chi connectivity index (χ4v) is 2.92. The van der Waals surface area contributed by atoms with E-state index in [1.165, 1.54) is 24.3 Å². The molecule has 0 radical (unpaired) electrons. The average molecular weight is 406 g/mol. The second-order valence-electron chi connectivity index (χ2n) is 6.62. The lowest BCUT2D eigenvalue weighted by atomic mass is 9.99. The average Bonchev–Trinajstić information content (AvgIpc) is 2.69. The zero-order valence-electron chi connectivity index (χ0n) is 15.2. The number of aliphatic hydroxyl groups is 4. The third kappa shape index (κ3) is 4.61. The quantitative estimate of drug-likeness (QED) is 0.343. The molecule has 1 saturated heterocycles. The van der Waals surface area contributed by atoms with Crippen LogP contribution in [0.15, 0.2) is 36.4 Å². The van der Waals surface area contributed by atoms with Gasteiger partial charge in [-0.2, -0.15) is 0 Å². The summed E-state index contributed by atoms with van der Waals surface area (Å²) in [6.45, 7) is -0.625. The Hall–Kier alpha value is -2.82. The Balaban J connectivity index is 1.89. The van der Waals surface area contributed by atoms with E-state index in [0.29, 0.717) is 5.56 Å². The van der Waals surface area contributed by atoms with Gasteiger partial charge in [-0.3, -0.25) is 0 Å². The van der Waals surface area contributed by atoms with Gasteiger partial charge in [-0.25, -0.2) is 0 Å². The summed E-state index contributed by atoms with van der Waals surface area (Å²) in [5.74, 6) is -0.743. The highest BCUT2D eigenvalue weighted by atomic mass is 16.7. The van der Waals surface area contributed by atoms with Crippen molar-refractivity contribution in [2.45, 2.75) is 30.7 Å². The third-order valence-electron chi connectivity index (χ3n) is 4.51. The van der Waals surface area contributed by atoms with Gasteiger partial charge >= 0.3 is 0 Å². The number of aromatic hydroxyl groups is 3. The van der Waals surface area contributed by atoms with Crippen LogP contribution in [0.25, 0.3) is 12.2 Å². The van der Waals surface area contributed by atoms with Crippen LogP contribution in [0.1, 0.15) is 11.1 Å². The standard InChI is InChI=1S/C20H22O9/c21-9-15-16(25)17(26)18(27)20(28-15)29-19-11(7-13(23)8-14(19)24)4-1-10-2-5-12(22)6-3-10/h1-8,15-18,20-27H,9H2/b4-1-/t15-,16-,17+,18-,20+/m1/s1. The first-order chi connectivity index (χ1) is 13.8. The van der Waals surface area contributed by atoms with Crippen molar-refractivity contribution < 1.29 is 45.2 Å². The van der Waals surface area contributed by atoms with Crippen LogP contribution in [-0.4, -0.2) is 73.1 Å². The fraction of sp³-hybridized carbons (Fsp3) is 0.300. The first-order valence-corrected chi connectivity index (χ1v) is 8.80. The summed E-state index contributed by atoms with van der Waals surface area (Å²) in [5.41, 5.74) is 0.942. The SMILES string of the molecule is OC[C@H]1O[C@@H](Oc2c(O)cc(O)cc2/C=C\c2ccc(O)cc2)[C@H](O)[C@@H](O)[C@@H]1O. The van der Waals surface area contributed by atoms with Gasteiger partial charge in [-0.1, -0.05) is 24.3 Å². The molecule has 0 spiro atoms. The highest BCUT2D eigenvalue weighted by molar-refractivity contribution is 5.75. The minimum atomic E-state index is -1.66. The van der Waals surface area contributed by atoms with Crippen LogP contribution in [0, 0.1) is 0 Å². The molecule has 0 aromatic heterocycles. The van der Waals surface area contributed by atoms with Crippen molar-refractivity contribution >= 4 is 12.2 Å². The Labute approximate surface area is 165 Å². The maximum Gasteiger partial charge on any atom is 0.229 e. The van der Waals surface area contributed by atoms with E-state index < -0.39 is 43.1 Å². The zero-order chi connectivity index (χ0) is 21.1. The second-order valence-corrected chi connectivity index (χ2v) is 6.62. The molecule has 9 heteroatoms. The summed E-state index contributed by atoms with van der Waals surface area (Å²) in [7, 11) is 0. The molecule has 29 heavy (non-hydrogen) atoms. The van der Waals surface area contributed by atoms with Crippen LogP contribution >= 0.6 is 0 Å². The first-order valence-electron chi connectivity index (χ1n) is 8.80. The Morgan fingerprint density at radius 2 is 1.55 bits per heavy atom. The molecule has 2 aromatic carbocycles. The van der Waals surface area contributed by atoms with Crippen molar-refractivity contribution in [3.63, 3.8) is 0 Å². The predicted molar refractivity (Wildman–Crippen MR) is 101 cm³/mol. The van der Waals surface area contributed by atoms with Gasteiger partial charge in [-0.05, 0) is 23.8 Å². The third-order valence-corrected chi connectivity index (χ3v) is 4.51. The van der Waals surface area contributed by atoms with Gasteiger partial charge in [0.1, 0.15) is 35.9 Å². The monoisotopic (exact) mass is 406 g/mol. The smallest absolute Gasteiger partial charge is 0.229 e. The van der Waals surface area contributed by atoms with Gasteiger partial charge in [0, 0.05) is 11.6 Å². The number of hydrogen-bond donors (Lipinski definition) is 7. The van der Waals surface area contributed by atoms with Crippen LogP contribution in [0.3, 0.4) is 0 Å². The topological polar surface area (TPSA) is 160 Å². The second kappa shape index (κ2) is 8.68. The molecule has 0 bridgehead atoms. The van der Waals surface area contributed by atoms with Crippen molar-refractivity contribution in [2.24, 2.45) is 0 Å². The molecule has 1 aliphatic rings. The van der Waals surface area contributed by atoms with E-state index in [1.54, 1.807) is 18.2 Å². The van der Waals surface area contributed by atoms with Crippen LogP contribution in [-0.2, 0) is 4.74 Å². The molecule has 0 unspecified atom stereocenters. The highest BCUT2D eigenvalue weighted by Crippen LogP contribution is 2.38. The van der Waals surface area contributed by atoms with E-state index in [2.05, 4.69) is 0 Å². The van der Waals surface area contributed by atoms with Gasteiger partial charge < -0.3 is 45.2 Å². The van der Waals surface area contributed by atoms with Crippen molar-refractivity contribution in [3.8, 4) is 23.0 Å². The molecule has 1 heterocycles. The molecule has 0 amide bonds. The Morgan fingerprint density at radius 1 is 0.862 bits per heavy atom. The number of rotatable bonds is 5. The summed E-state index contributed by atoms with van der Waals surface area (Å²) < 4.78 is 10.8. The molecular formula is C20H22O9. The summed E-state index contributed by atoms with van der Waals surface area (Å²) in [6.07, 6.45) is -4.36. The summed E-state index contributed by atoms with van der Waals surface area (Å²) in [5, 5.41) is 68.5. The van der Waals surface area contributed by atoms with Gasteiger partial charge in [0.05, 0.1) is 6.61 Å². The maximum atomic E-state index is 10.2. The van der Waals surface area contributed by atoms with Crippen LogP contribution in [0.2, 0.25) is 0 Å². The molecule has 2 aromatic rings. The number of phenolic OH excluding ortho intramolecular Hbond substituents is 3. The van der Waals surface area contributed by atoms with Crippen molar-refractivity contribution in [3.05, 3.63) is 47.5 Å². The molecular weight excluding hydrogens is 384 g/mol. The van der Waals surface area contributed by atoms with Crippen LogP contribution in [0.5, 0.6) is 23.0 Å². The summed E-state index contributed by atoms with van der Waals surface area (Å²) >= 11 is 0. The number of ether oxygens (including phenoxy) is 2. The maximum absolute atomic E-state index is 10.2. The molecule has 0 aliphatic carbocycles. The minimum Gasteiger partial charge on any atom is -0.508 e. The van der Waals surface area contributed by atoms with E-state index in [0.717, 1.165) is 6.07 Å². The van der Waals surface area contributed by atoms with Crippen molar-refractivity contribution in [1.82, 2.24) is 0 Å². The van der Waals surface area contributed by atoms with Gasteiger partial charge in [0.25, 0.3) is 0 Å². The van der Waals surface area contributed by atoms with Crippen molar-refractivity contribution in [2.75, 3.05) is 6.61 Å². The fourth-order valence-electron chi connectivity index (χ4n) is 2.92. The predicted octanol–water partition coefficient (Wildman–Crippen LogP) is 0.152. The zero-order valence-corrected chi connectivity index (χ0v) is 15.2. The number of phenols is 3. The largest absolute Gasteiger partial charge is 0.508 e. The number of aliphatic hydroxyl groups excluding tert-OH is 4. The molecule has 7 N–H and O–H groups in total. The molecule has 1 aliphatic heterocycles. The molecule has 5 atom stereocenters. The van der Waals surface area contributed by atoms with Crippen LogP contribution < -0.4 is 4.74 Å². The van der Waals surface area contributed by atoms with E-state index >= 15 is 0 Å². The molecule has 0 saturated carbocycles.